The van der Waals surface area contributed by atoms with Gasteiger partial charge in [0.05, 0.1) is 11.9 Å². The van der Waals surface area contributed by atoms with Crippen molar-refractivity contribution in [3.8, 4) is 0 Å². The van der Waals surface area contributed by atoms with Crippen LogP contribution >= 0.6 is 0 Å². The number of fused-ring (bicyclic) bond motifs is 2. The molecule has 0 unspecified atom stereocenters. The summed E-state index contributed by atoms with van der Waals surface area (Å²) in [5.74, 6) is 0.853. The van der Waals surface area contributed by atoms with Crippen LogP contribution in [0.25, 0.3) is 11.1 Å². The fourth-order valence-electron chi connectivity index (χ4n) is 2.48. The highest BCUT2D eigenvalue weighted by atomic mass is 14.9. The minimum absolute atomic E-state index is 0.853. The van der Waals surface area contributed by atoms with Gasteiger partial charge in [-0.05, 0) is 42.6 Å². The molecule has 1 heterocycles. The Labute approximate surface area is 119 Å². The first-order chi connectivity index (χ1) is 9.65. The molecule has 3 rings (SSSR count). The van der Waals surface area contributed by atoms with Gasteiger partial charge in [0.25, 0.3) is 0 Å². The van der Waals surface area contributed by atoms with E-state index < -0.39 is 0 Å². The predicted molar refractivity (Wildman–Crippen MR) is 85.0 cm³/mol. The fourth-order valence-corrected chi connectivity index (χ4v) is 2.48. The summed E-state index contributed by atoms with van der Waals surface area (Å²) < 4.78 is 0. The second kappa shape index (κ2) is 4.97. The van der Waals surface area contributed by atoms with Crippen molar-refractivity contribution >= 4 is 11.1 Å². The lowest BCUT2D eigenvalue weighted by Gasteiger charge is -2.09. The van der Waals surface area contributed by atoms with Gasteiger partial charge in [0.2, 0.25) is 0 Å². The number of hydrogen-bond donors (Lipinski definition) is 1. The van der Waals surface area contributed by atoms with Crippen molar-refractivity contribution in [2.75, 3.05) is 0 Å². The van der Waals surface area contributed by atoms with Gasteiger partial charge in [-0.2, -0.15) is 0 Å². The second-order valence-electron chi connectivity index (χ2n) is 5.30. The summed E-state index contributed by atoms with van der Waals surface area (Å²) >= 11 is 0. The monoisotopic (exact) mass is 262 g/mol. The van der Waals surface area contributed by atoms with Crippen LogP contribution in [0.3, 0.4) is 0 Å². The number of nitrogens with zero attached hydrogens (tertiary/aromatic N) is 1. The number of rotatable bonds is 2. The maximum atomic E-state index is 4.39. The minimum atomic E-state index is 0.853. The number of imidazole rings is 1. The highest BCUT2D eigenvalue weighted by molar-refractivity contribution is 5.81. The first-order valence-electron chi connectivity index (χ1n) is 6.82. The van der Waals surface area contributed by atoms with Crippen LogP contribution in [-0.2, 0) is 0 Å². The van der Waals surface area contributed by atoms with Crippen LogP contribution in [0.4, 0.5) is 0 Å². The lowest BCUT2D eigenvalue weighted by molar-refractivity contribution is 1.17. The Kier molecular flexibility index (Phi) is 3.15. The first kappa shape index (κ1) is 12.7. The summed E-state index contributed by atoms with van der Waals surface area (Å²) in [6.45, 7) is 8.05. The molecule has 0 aromatic carbocycles. The van der Waals surface area contributed by atoms with Crippen LogP contribution in [0, 0.1) is 0 Å². The van der Waals surface area contributed by atoms with Crippen molar-refractivity contribution in [3.63, 3.8) is 0 Å². The molecule has 0 fully saturated rings. The van der Waals surface area contributed by atoms with Crippen molar-refractivity contribution < 1.29 is 0 Å². The normalized spacial score (nSPS) is 17.5. The molecule has 100 valence electrons. The second-order valence-corrected chi connectivity index (χ2v) is 5.30. The lowest BCUT2D eigenvalue weighted by atomic mass is 9.96. The molecule has 1 aromatic heterocycles. The maximum Gasteiger partial charge on any atom is 0.132 e. The largest absolute Gasteiger partial charge is 0.338 e. The van der Waals surface area contributed by atoms with Crippen molar-refractivity contribution in [2.45, 2.75) is 20.3 Å². The quantitative estimate of drug-likeness (QED) is 0.829. The summed E-state index contributed by atoms with van der Waals surface area (Å²) in [5, 5.41) is 0. The van der Waals surface area contributed by atoms with Crippen LogP contribution in [0.5, 0.6) is 0 Å². The van der Waals surface area contributed by atoms with Gasteiger partial charge in [0.1, 0.15) is 5.82 Å². The van der Waals surface area contributed by atoms with Gasteiger partial charge in [0, 0.05) is 5.57 Å². The van der Waals surface area contributed by atoms with Crippen molar-refractivity contribution in [1.82, 2.24) is 9.97 Å². The number of allylic oxidation sites excluding steroid dienone is 11. The molecule has 2 bridgehead atoms. The topological polar surface area (TPSA) is 28.7 Å². The number of hydrogen-bond acceptors (Lipinski definition) is 1. The first-order valence-corrected chi connectivity index (χ1v) is 6.82. The molecule has 0 amide bonds. The van der Waals surface area contributed by atoms with Crippen LogP contribution < -0.4 is 0 Å². The van der Waals surface area contributed by atoms with Gasteiger partial charge < -0.3 is 4.98 Å². The molecule has 2 heteroatoms. The Morgan fingerprint density at radius 3 is 2.60 bits per heavy atom. The Hall–Kier alpha value is -2.35. The molecule has 0 aliphatic heterocycles. The summed E-state index contributed by atoms with van der Waals surface area (Å²) in [6, 6.07) is 0. The van der Waals surface area contributed by atoms with E-state index in [1.54, 1.807) is 0 Å². The smallest absolute Gasteiger partial charge is 0.132 e. The Balaban J connectivity index is 2.08. The molecule has 20 heavy (non-hydrogen) atoms. The third-order valence-electron chi connectivity index (χ3n) is 3.71. The molecule has 0 radical (unpaired) electrons. The van der Waals surface area contributed by atoms with E-state index in [0.717, 1.165) is 23.5 Å². The van der Waals surface area contributed by atoms with Crippen LogP contribution in [0.15, 0.2) is 66.0 Å². The van der Waals surface area contributed by atoms with E-state index in [-0.39, 0.29) is 0 Å². The van der Waals surface area contributed by atoms with Gasteiger partial charge in [-0.3, -0.25) is 0 Å². The molecule has 0 saturated carbocycles. The molecule has 2 aliphatic carbocycles. The molecule has 2 nitrogen and oxygen atoms in total. The molecule has 1 aromatic rings. The minimum Gasteiger partial charge on any atom is -0.338 e. The van der Waals surface area contributed by atoms with E-state index in [0.29, 0.717) is 0 Å². The Morgan fingerprint density at radius 1 is 1.15 bits per heavy atom. The third-order valence-corrected chi connectivity index (χ3v) is 3.71. The molecule has 2 aliphatic rings. The summed E-state index contributed by atoms with van der Waals surface area (Å²) in [7, 11) is 0. The van der Waals surface area contributed by atoms with E-state index in [1.807, 2.05) is 13.1 Å². The average Bonchev–Trinajstić information content (AvgIpc) is 2.71. The zero-order valence-electron chi connectivity index (χ0n) is 11.9. The van der Waals surface area contributed by atoms with Gasteiger partial charge in [-0.1, -0.05) is 43.0 Å². The van der Waals surface area contributed by atoms with E-state index in [1.165, 1.54) is 22.3 Å². The van der Waals surface area contributed by atoms with Crippen molar-refractivity contribution in [3.05, 3.63) is 77.5 Å². The zero-order chi connectivity index (χ0) is 14.1. The molecular weight excluding hydrogens is 244 g/mol. The number of aromatic amines is 1. The molecule has 1 N–H and O–H groups in total. The van der Waals surface area contributed by atoms with Crippen molar-refractivity contribution in [2.24, 2.45) is 0 Å². The van der Waals surface area contributed by atoms with Gasteiger partial charge in [-0.15, -0.1) is 0 Å². The molecular formula is C18H18N2. The van der Waals surface area contributed by atoms with Crippen LogP contribution in [-0.4, -0.2) is 9.97 Å². The van der Waals surface area contributed by atoms with Gasteiger partial charge in [0.15, 0.2) is 0 Å². The third kappa shape index (κ3) is 2.25. The Morgan fingerprint density at radius 2 is 1.90 bits per heavy atom. The number of aromatic nitrogens is 2. The van der Waals surface area contributed by atoms with Crippen molar-refractivity contribution in [1.29, 1.82) is 0 Å². The fraction of sp³-hybridized carbons (Fsp3) is 0.167. The summed E-state index contributed by atoms with van der Waals surface area (Å²) in [4.78, 5) is 7.75. The number of nitrogens with one attached hydrogen (secondary N) is 1. The lowest BCUT2D eigenvalue weighted by Crippen LogP contribution is -1.92. The van der Waals surface area contributed by atoms with E-state index in [2.05, 4.69) is 59.9 Å². The molecule has 0 saturated heterocycles. The Bertz CT molecular complexity index is 718. The zero-order valence-corrected chi connectivity index (χ0v) is 11.9. The maximum absolute atomic E-state index is 4.39. The average molecular weight is 262 g/mol. The van der Waals surface area contributed by atoms with Gasteiger partial charge in [-0.25, -0.2) is 4.98 Å². The molecule has 0 atom stereocenters. The van der Waals surface area contributed by atoms with Gasteiger partial charge >= 0.3 is 0 Å². The van der Waals surface area contributed by atoms with E-state index in [9.17, 15) is 0 Å². The predicted octanol–water partition coefficient (Wildman–Crippen LogP) is 4.60. The van der Waals surface area contributed by atoms with E-state index in [4.69, 9.17) is 0 Å². The highest BCUT2D eigenvalue weighted by Gasteiger charge is 2.16. The molecule has 0 spiro atoms. The summed E-state index contributed by atoms with van der Waals surface area (Å²) in [5.41, 5.74) is 7.21. The summed E-state index contributed by atoms with van der Waals surface area (Å²) in [6.07, 6.45) is 15.8. The van der Waals surface area contributed by atoms with E-state index >= 15 is 0 Å². The SMILES string of the molecule is C=C(C)c1ncc(C2=CC=C(C)C3=CC=CC=C2C3)[nH]1. The standard InChI is InChI=1S/C18H18N2/c1-12(2)18-19-11-17(20-18)16-9-8-13(3)14-6-4-5-7-15(16)10-14/h4-9,11H,1,10H2,2-3H3,(H,19,20). The highest BCUT2D eigenvalue weighted by Crippen LogP contribution is 2.34. The van der Waals surface area contributed by atoms with Crippen LogP contribution in [0.2, 0.25) is 0 Å². The van der Waals surface area contributed by atoms with Crippen LogP contribution in [0.1, 0.15) is 31.8 Å². The number of H-pyrrole nitrogens is 1.